The number of carbonyl (C=O) groups excluding carboxylic acids is 3. The minimum absolute atomic E-state index is 0.136. The van der Waals surface area contributed by atoms with Gasteiger partial charge in [-0.3, -0.25) is 4.79 Å². The Labute approximate surface area is 144 Å². The molecular formula is C16H19N3O6. The van der Waals surface area contributed by atoms with E-state index in [-0.39, 0.29) is 19.9 Å². The van der Waals surface area contributed by atoms with Gasteiger partial charge in [0.25, 0.3) is 5.91 Å². The number of carbonyl (C=O) groups is 3. The van der Waals surface area contributed by atoms with Crippen molar-refractivity contribution in [3.05, 3.63) is 23.8 Å². The van der Waals surface area contributed by atoms with Crippen molar-refractivity contribution in [2.75, 3.05) is 13.3 Å². The summed E-state index contributed by atoms with van der Waals surface area (Å²) in [5.41, 5.74) is 2.23. The predicted octanol–water partition coefficient (Wildman–Crippen LogP) is 1.62. The number of hydrogen-bond acceptors (Lipinski definition) is 6. The van der Waals surface area contributed by atoms with Gasteiger partial charge in [0.1, 0.15) is 12.1 Å². The topological polar surface area (TPSA) is 97.4 Å². The van der Waals surface area contributed by atoms with Crippen molar-refractivity contribution in [1.29, 1.82) is 0 Å². The Morgan fingerprint density at radius 2 is 1.96 bits per heavy atom. The first-order valence-electron chi connectivity index (χ1n) is 7.73. The zero-order valence-corrected chi connectivity index (χ0v) is 14.2. The molecule has 0 unspecified atom stereocenters. The normalized spacial score (nSPS) is 16.4. The lowest BCUT2D eigenvalue weighted by molar-refractivity contribution is -0.127. The molecule has 1 N–H and O–H groups in total. The van der Waals surface area contributed by atoms with E-state index in [1.54, 1.807) is 39.0 Å². The molecule has 1 aromatic carbocycles. The molecule has 9 nitrogen and oxygen atoms in total. The number of urea groups is 1. The molecule has 0 aromatic heterocycles. The average Bonchev–Trinajstić information content (AvgIpc) is 3.05. The van der Waals surface area contributed by atoms with Gasteiger partial charge in [-0.05, 0) is 38.5 Å². The number of fused-ring (bicyclic) bond motifs is 1. The average molecular weight is 349 g/mol. The van der Waals surface area contributed by atoms with E-state index in [2.05, 4.69) is 5.43 Å². The second-order valence-electron chi connectivity index (χ2n) is 6.67. The van der Waals surface area contributed by atoms with Crippen molar-refractivity contribution in [3.63, 3.8) is 0 Å². The standard InChI is InChI=1S/C16H19N3O6/c1-16(2,3)25-14(21)17-19-13(20)8-18(15(19)22)7-10-4-5-11-12(6-10)24-9-23-11/h4-6H,7-9H2,1-3H3,(H,17,21). The van der Waals surface area contributed by atoms with Crippen LogP contribution in [0.25, 0.3) is 0 Å². The largest absolute Gasteiger partial charge is 0.454 e. The summed E-state index contributed by atoms with van der Waals surface area (Å²) < 4.78 is 15.6. The summed E-state index contributed by atoms with van der Waals surface area (Å²) in [7, 11) is 0. The monoisotopic (exact) mass is 349 g/mol. The number of amides is 4. The van der Waals surface area contributed by atoms with E-state index in [4.69, 9.17) is 14.2 Å². The highest BCUT2D eigenvalue weighted by atomic mass is 16.7. The highest BCUT2D eigenvalue weighted by molar-refractivity contribution is 6.02. The number of hydrogen-bond donors (Lipinski definition) is 1. The van der Waals surface area contributed by atoms with Gasteiger partial charge >= 0.3 is 12.1 Å². The first kappa shape index (κ1) is 16.9. The summed E-state index contributed by atoms with van der Waals surface area (Å²) in [4.78, 5) is 37.5. The Kier molecular flexibility index (Phi) is 4.15. The molecule has 9 heteroatoms. The van der Waals surface area contributed by atoms with Crippen LogP contribution in [0.4, 0.5) is 9.59 Å². The van der Waals surface area contributed by atoms with Gasteiger partial charge in [-0.1, -0.05) is 6.07 Å². The van der Waals surface area contributed by atoms with Crippen LogP contribution < -0.4 is 14.9 Å². The lowest BCUT2D eigenvalue weighted by atomic mass is 10.2. The van der Waals surface area contributed by atoms with Gasteiger partial charge in [0.05, 0.1) is 0 Å². The van der Waals surface area contributed by atoms with Gasteiger partial charge < -0.3 is 19.1 Å². The van der Waals surface area contributed by atoms with Crippen LogP contribution in [0, 0.1) is 0 Å². The Bertz CT molecular complexity index is 727. The van der Waals surface area contributed by atoms with Crippen LogP contribution in [0.2, 0.25) is 0 Å². The SMILES string of the molecule is CC(C)(C)OC(=O)NN1C(=O)CN(Cc2ccc3c(c2)OCO3)C1=O. The maximum absolute atomic E-state index is 12.4. The summed E-state index contributed by atoms with van der Waals surface area (Å²) >= 11 is 0. The molecule has 0 aliphatic carbocycles. The maximum Gasteiger partial charge on any atom is 0.427 e. The number of nitrogens with zero attached hydrogens (tertiary/aromatic N) is 2. The highest BCUT2D eigenvalue weighted by Crippen LogP contribution is 2.33. The van der Waals surface area contributed by atoms with Crippen molar-refractivity contribution in [2.24, 2.45) is 0 Å². The van der Waals surface area contributed by atoms with E-state index >= 15 is 0 Å². The molecule has 25 heavy (non-hydrogen) atoms. The molecule has 1 aromatic rings. The number of imide groups is 1. The number of rotatable bonds is 3. The first-order chi connectivity index (χ1) is 11.7. The summed E-state index contributed by atoms with van der Waals surface area (Å²) in [6, 6.07) is 4.67. The minimum atomic E-state index is -0.862. The van der Waals surface area contributed by atoms with E-state index in [9.17, 15) is 14.4 Å². The highest BCUT2D eigenvalue weighted by Gasteiger charge is 2.38. The zero-order chi connectivity index (χ0) is 18.2. The molecule has 0 spiro atoms. The third kappa shape index (κ3) is 3.76. The maximum atomic E-state index is 12.4. The molecule has 0 atom stereocenters. The van der Waals surface area contributed by atoms with Crippen LogP contribution >= 0.6 is 0 Å². The first-order valence-corrected chi connectivity index (χ1v) is 7.73. The molecule has 0 radical (unpaired) electrons. The fourth-order valence-electron chi connectivity index (χ4n) is 2.44. The smallest absolute Gasteiger partial charge is 0.427 e. The Hall–Kier alpha value is -2.97. The molecule has 1 saturated heterocycles. The second kappa shape index (κ2) is 6.15. The summed E-state index contributed by atoms with van der Waals surface area (Å²) in [6.45, 7) is 5.29. The van der Waals surface area contributed by atoms with Gasteiger partial charge in [-0.2, -0.15) is 5.01 Å². The molecular weight excluding hydrogens is 330 g/mol. The van der Waals surface area contributed by atoms with Crippen molar-refractivity contribution in [3.8, 4) is 11.5 Å². The number of hydrazine groups is 1. The van der Waals surface area contributed by atoms with Crippen LogP contribution in [0.1, 0.15) is 26.3 Å². The lowest BCUT2D eigenvalue weighted by Crippen LogP contribution is -2.48. The van der Waals surface area contributed by atoms with Crippen LogP contribution in [0.3, 0.4) is 0 Å². The van der Waals surface area contributed by atoms with Crippen LogP contribution in [0.15, 0.2) is 18.2 Å². The number of nitrogens with one attached hydrogen (secondary N) is 1. The third-order valence-corrected chi connectivity index (χ3v) is 3.45. The molecule has 134 valence electrons. The van der Waals surface area contributed by atoms with E-state index in [0.29, 0.717) is 16.5 Å². The molecule has 1 fully saturated rings. The predicted molar refractivity (Wildman–Crippen MR) is 84.6 cm³/mol. The fraction of sp³-hybridized carbons (Fsp3) is 0.438. The van der Waals surface area contributed by atoms with Crippen molar-refractivity contribution in [1.82, 2.24) is 15.3 Å². The van der Waals surface area contributed by atoms with Gasteiger partial charge in [0.2, 0.25) is 6.79 Å². The fourth-order valence-corrected chi connectivity index (χ4v) is 2.44. The molecule has 2 aliphatic heterocycles. The minimum Gasteiger partial charge on any atom is -0.454 e. The van der Waals surface area contributed by atoms with Crippen molar-refractivity contribution < 1.29 is 28.6 Å². The van der Waals surface area contributed by atoms with Crippen LogP contribution in [0.5, 0.6) is 11.5 Å². The molecule has 0 bridgehead atoms. The van der Waals surface area contributed by atoms with Crippen molar-refractivity contribution >= 4 is 18.0 Å². The van der Waals surface area contributed by atoms with Gasteiger partial charge in [0, 0.05) is 6.54 Å². The van der Waals surface area contributed by atoms with E-state index in [1.165, 1.54) is 4.90 Å². The van der Waals surface area contributed by atoms with E-state index in [0.717, 1.165) is 5.56 Å². The van der Waals surface area contributed by atoms with E-state index in [1.807, 2.05) is 0 Å². The lowest BCUT2D eigenvalue weighted by Gasteiger charge is -2.22. The van der Waals surface area contributed by atoms with Gasteiger partial charge in [0.15, 0.2) is 11.5 Å². The van der Waals surface area contributed by atoms with Gasteiger partial charge in [-0.25, -0.2) is 15.0 Å². The third-order valence-electron chi connectivity index (χ3n) is 3.45. The Morgan fingerprint density at radius 1 is 1.24 bits per heavy atom. The zero-order valence-electron chi connectivity index (χ0n) is 14.2. The molecule has 4 amide bonds. The van der Waals surface area contributed by atoms with Crippen LogP contribution in [-0.4, -0.2) is 46.9 Å². The molecule has 3 rings (SSSR count). The molecule has 2 heterocycles. The summed E-state index contributed by atoms with van der Waals surface area (Å²) in [5.74, 6) is 0.705. The number of ether oxygens (including phenoxy) is 3. The second-order valence-corrected chi connectivity index (χ2v) is 6.67. The number of benzene rings is 1. The quantitative estimate of drug-likeness (QED) is 0.833. The van der Waals surface area contributed by atoms with Crippen LogP contribution in [-0.2, 0) is 16.1 Å². The summed E-state index contributed by atoms with van der Waals surface area (Å²) in [5, 5.41) is 0.668. The molecule has 2 aliphatic rings. The van der Waals surface area contributed by atoms with Crippen molar-refractivity contribution in [2.45, 2.75) is 32.9 Å². The molecule has 0 saturated carbocycles. The Balaban J connectivity index is 1.64. The van der Waals surface area contributed by atoms with E-state index < -0.39 is 23.6 Å². The summed E-state index contributed by atoms with van der Waals surface area (Å²) in [6.07, 6.45) is -0.862. The van der Waals surface area contributed by atoms with Gasteiger partial charge in [-0.15, -0.1) is 0 Å². The Morgan fingerprint density at radius 3 is 2.68 bits per heavy atom.